The van der Waals surface area contributed by atoms with Gasteiger partial charge in [-0.05, 0) is 142 Å². The number of fused-ring (bicyclic) bond motifs is 12. The van der Waals surface area contributed by atoms with E-state index in [9.17, 15) is 0 Å². The van der Waals surface area contributed by atoms with Crippen molar-refractivity contribution in [1.82, 2.24) is 18.3 Å². The van der Waals surface area contributed by atoms with E-state index in [2.05, 4.69) is 322 Å². The molecular weight excluding hydrogens is 993 g/mol. The molecule has 4 heterocycles. The molecule has 4 aromatic heterocycles. The highest BCUT2D eigenvalue weighted by Crippen LogP contribution is 2.44. The van der Waals surface area contributed by atoms with E-state index in [1.165, 1.54) is 132 Å². The Bertz CT molecular complexity index is 5310. The van der Waals surface area contributed by atoms with Crippen LogP contribution < -0.4 is 0 Å². The van der Waals surface area contributed by atoms with Gasteiger partial charge in [-0.3, -0.25) is 0 Å². The highest BCUT2D eigenvalue weighted by molar-refractivity contribution is 6.18. The van der Waals surface area contributed by atoms with E-state index >= 15 is 0 Å². The molecule has 17 rings (SSSR count). The van der Waals surface area contributed by atoms with Crippen LogP contribution in [0.25, 0.3) is 154 Å². The fraction of sp³-hybridized carbons (Fsp3) is 0. The van der Waals surface area contributed by atoms with Crippen molar-refractivity contribution < 1.29 is 0 Å². The lowest BCUT2D eigenvalue weighted by molar-refractivity contribution is 1.13. The zero-order chi connectivity index (χ0) is 53.8. The molecule has 0 aliphatic heterocycles. The average Bonchev–Trinajstić information content (AvgIpc) is 4.10. The smallest absolute Gasteiger partial charge is 0.0547 e. The maximum atomic E-state index is 2.47. The summed E-state index contributed by atoms with van der Waals surface area (Å²) in [7, 11) is 0. The van der Waals surface area contributed by atoms with Gasteiger partial charge in [0, 0.05) is 65.8 Å². The second-order valence-corrected chi connectivity index (χ2v) is 21.7. The highest BCUT2D eigenvalue weighted by Gasteiger charge is 2.21. The third-order valence-electron chi connectivity index (χ3n) is 17.2. The van der Waals surface area contributed by atoms with Crippen LogP contribution in [0.15, 0.2) is 303 Å². The van der Waals surface area contributed by atoms with Crippen molar-refractivity contribution in [2.45, 2.75) is 0 Å². The Labute approximate surface area is 473 Å². The van der Waals surface area contributed by atoms with Gasteiger partial charge in [0.2, 0.25) is 0 Å². The number of rotatable bonds is 8. The molecular formula is C78H50N4. The third kappa shape index (κ3) is 7.11. The van der Waals surface area contributed by atoms with Gasteiger partial charge in [0.1, 0.15) is 0 Å². The van der Waals surface area contributed by atoms with E-state index < -0.39 is 0 Å². The molecule has 0 spiro atoms. The lowest BCUT2D eigenvalue weighted by Crippen LogP contribution is -1.98. The molecule has 17 aromatic rings. The van der Waals surface area contributed by atoms with E-state index in [1.807, 2.05) is 0 Å². The molecule has 0 fully saturated rings. The lowest BCUT2D eigenvalue weighted by atomic mass is 9.97. The minimum Gasteiger partial charge on any atom is -0.309 e. The summed E-state index contributed by atoms with van der Waals surface area (Å²) in [5.41, 5.74) is 23.5. The molecule has 0 saturated carbocycles. The van der Waals surface area contributed by atoms with Crippen molar-refractivity contribution in [3.63, 3.8) is 0 Å². The van der Waals surface area contributed by atoms with Crippen molar-refractivity contribution in [2.24, 2.45) is 0 Å². The van der Waals surface area contributed by atoms with Crippen LogP contribution in [0.2, 0.25) is 0 Å². The first-order chi connectivity index (χ1) is 40.7. The molecule has 0 bridgehead atoms. The molecule has 4 heteroatoms. The molecule has 0 aliphatic carbocycles. The molecule has 13 aromatic carbocycles. The molecule has 0 atom stereocenters. The molecule has 0 aliphatic rings. The average molecular weight is 1040 g/mol. The zero-order valence-corrected chi connectivity index (χ0v) is 44.7. The van der Waals surface area contributed by atoms with Gasteiger partial charge >= 0.3 is 0 Å². The lowest BCUT2D eigenvalue weighted by Gasteiger charge is -2.13. The molecule has 0 saturated heterocycles. The third-order valence-corrected chi connectivity index (χ3v) is 17.2. The van der Waals surface area contributed by atoms with Crippen LogP contribution >= 0.6 is 0 Å². The first-order valence-electron chi connectivity index (χ1n) is 28.2. The summed E-state index contributed by atoms with van der Waals surface area (Å²) < 4.78 is 9.72. The summed E-state index contributed by atoms with van der Waals surface area (Å²) >= 11 is 0. The van der Waals surface area contributed by atoms with Crippen molar-refractivity contribution >= 4 is 87.2 Å². The SMILES string of the molecule is c1ccc(-c2ccc3c4ccccc4n(-c4ccc(-c5ccc(-n6c7cc(-c8ccccc8)ccc7c7c(-c8ccc9c(c8)c8ccccc8n9-c8cccc(-n9c%10ccccc%10c%10ccccc%109)c8)cccc76)cc5)cc4)c3c2)cc1. The van der Waals surface area contributed by atoms with E-state index in [4.69, 9.17) is 0 Å². The molecule has 4 nitrogen and oxygen atoms in total. The van der Waals surface area contributed by atoms with Crippen LogP contribution in [0.3, 0.4) is 0 Å². The minimum absolute atomic E-state index is 1.11. The summed E-state index contributed by atoms with van der Waals surface area (Å²) in [5, 5.41) is 9.92. The van der Waals surface area contributed by atoms with Gasteiger partial charge in [0.15, 0.2) is 0 Å². The van der Waals surface area contributed by atoms with Crippen molar-refractivity contribution in [3.8, 4) is 67.3 Å². The standard InChI is InChI=1S/C78H50N4/c1-3-17-51(18-4-1)55-37-44-67-65-25-9-11-28-70(65)79(76(67)48-55)58-40-33-53(34-41-58)54-35-42-59(43-36-54)80-75-32-16-27-62(78(75)68-45-38-56(49-77(68)80)52-19-5-2-6-20-52)57-39-46-74-69(47-57)66-26-10-14-31-73(66)82(74)61-22-15-21-60(50-61)81-71-29-12-7-23-63(71)64-24-8-13-30-72(64)81/h1-50H. The summed E-state index contributed by atoms with van der Waals surface area (Å²) in [5.74, 6) is 0. The van der Waals surface area contributed by atoms with Crippen molar-refractivity contribution in [2.75, 3.05) is 0 Å². The van der Waals surface area contributed by atoms with Gasteiger partial charge in [0.05, 0.1) is 44.1 Å². The van der Waals surface area contributed by atoms with Crippen LogP contribution in [-0.2, 0) is 0 Å². The Morgan fingerprint density at radius 3 is 1.04 bits per heavy atom. The van der Waals surface area contributed by atoms with Gasteiger partial charge in [-0.2, -0.15) is 0 Å². The van der Waals surface area contributed by atoms with E-state index in [0.29, 0.717) is 0 Å². The predicted octanol–water partition coefficient (Wildman–Crippen LogP) is 20.7. The quantitative estimate of drug-likeness (QED) is 0.145. The number of hydrogen-bond acceptors (Lipinski definition) is 0. The Hall–Kier alpha value is -10.9. The maximum absolute atomic E-state index is 2.47. The second kappa shape index (κ2) is 18.3. The van der Waals surface area contributed by atoms with Crippen LogP contribution in [0.1, 0.15) is 0 Å². The first kappa shape index (κ1) is 46.0. The number of para-hydroxylation sites is 4. The first-order valence-corrected chi connectivity index (χ1v) is 28.2. The summed E-state index contributed by atoms with van der Waals surface area (Å²) in [6, 6.07) is 111. The number of hydrogen-bond donors (Lipinski definition) is 0. The van der Waals surface area contributed by atoms with Crippen LogP contribution in [-0.4, -0.2) is 18.3 Å². The zero-order valence-electron chi connectivity index (χ0n) is 44.7. The second-order valence-electron chi connectivity index (χ2n) is 21.7. The Morgan fingerprint density at radius 1 is 0.159 bits per heavy atom. The van der Waals surface area contributed by atoms with Crippen molar-refractivity contribution in [3.05, 3.63) is 303 Å². The topological polar surface area (TPSA) is 19.7 Å². The predicted molar refractivity (Wildman–Crippen MR) is 346 cm³/mol. The van der Waals surface area contributed by atoms with Crippen LogP contribution in [0, 0.1) is 0 Å². The number of nitrogens with zero attached hydrogens (tertiary/aromatic N) is 4. The molecule has 0 amide bonds. The maximum Gasteiger partial charge on any atom is 0.0547 e. The number of aromatic nitrogens is 4. The van der Waals surface area contributed by atoms with Gasteiger partial charge in [-0.1, -0.05) is 206 Å². The monoisotopic (exact) mass is 1040 g/mol. The summed E-state index contributed by atoms with van der Waals surface area (Å²) in [4.78, 5) is 0. The Balaban J connectivity index is 0.773. The van der Waals surface area contributed by atoms with E-state index in [-0.39, 0.29) is 0 Å². The van der Waals surface area contributed by atoms with Crippen LogP contribution in [0.5, 0.6) is 0 Å². The summed E-state index contributed by atoms with van der Waals surface area (Å²) in [6.45, 7) is 0. The molecule has 0 radical (unpaired) electrons. The van der Waals surface area contributed by atoms with E-state index in [0.717, 1.165) is 22.7 Å². The van der Waals surface area contributed by atoms with Crippen LogP contribution in [0.4, 0.5) is 0 Å². The summed E-state index contributed by atoms with van der Waals surface area (Å²) in [6.07, 6.45) is 0. The van der Waals surface area contributed by atoms with Gasteiger partial charge in [-0.25, -0.2) is 0 Å². The Morgan fingerprint density at radius 2 is 0.512 bits per heavy atom. The normalized spacial score (nSPS) is 11.9. The van der Waals surface area contributed by atoms with E-state index in [1.54, 1.807) is 0 Å². The fourth-order valence-electron chi connectivity index (χ4n) is 13.5. The number of benzene rings is 13. The highest BCUT2D eigenvalue weighted by atomic mass is 15.0. The minimum atomic E-state index is 1.11. The fourth-order valence-corrected chi connectivity index (χ4v) is 13.5. The van der Waals surface area contributed by atoms with Gasteiger partial charge in [-0.15, -0.1) is 0 Å². The largest absolute Gasteiger partial charge is 0.309 e. The van der Waals surface area contributed by atoms with Gasteiger partial charge in [0.25, 0.3) is 0 Å². The molecule has 0 unspecified atom stereocenters. The molecule has 0 N–H and O–H groups in total. The molecule has 82 heavy (non-hydrogen) atoms. The van der Waals surface area contributed by atoms with Gasteiger partial charge < -0.3 is 18.3 Å². The molecule has 382 valence electrons. The Kier molecular flexibility index (Phi) is 10.3. The van der Waals surface area contributed by atoms with Crippen molar-refractivity contribution in [1.29, 1.82) is 0 Å².